The zero-order valence-corrected chi connectivity index (χ0v) is 21.4. The number of anilines is 1. The number of aromatic amines is 1. The lowest BCUT2D eigenvalue weighted by atomic mass is 9.96. The van der Waals surface area contributed by atoms with Gasteiger partial charge in [0.1, 0.15) is 11.8 Å². The molecule has 1 fully saturated rings. The molecule has 1 aliphatic carbocycles. The van der Waals surface area contributed by atoms with Gasteiger partial charge in [0.15, 0.2) is 0 Å². The summed E-state index contributed by atoms with van der Waals surface area (Å²) in [4.78, 5) is 0. The van der Waals surface area contributed by atoms with Crippen LogP contribution in [0, 0.1) is 11.3 Å². The van der Waals surface area contributed by atoms with Crippen LogP contribution in [0.2, 0.25) is 0 Å². The van der Waals surface area contributed by atoms with Crippen LogP contribution in [0.3, 0.4) is 0 Å². The first-order valence-corrected chi connectivity index (χ1v) is 13.3. The SMILES string of the molecule is N#Cc1cc(CNCCCCOCCNc2cc(-c3ccnnc3)cc3[nH]ncc23)ccc1OC1CCC1. The Morgan fingerprint density at radius 3 is 2.76 bits per heavy atom. The van der Waals surface area contributed by atoms with Crippen LogP contribution in [0.4, 0.5) is 5.69 Å². The Morgan fingerprint density at radius 2 is 1.95 bits per heavy atom. The van der Waals surface area contributed by atoms with E-state index in [0.717, 1.165) is 78.7 Å². The molecule has 5 rings (SSSR count). The third-order valence-corrected chi connectivity index (χ3v) is 6.77. The number of benzene rings is 2. The fraction of sp³-hybridized carbons (Fsp3) is 0.379. The molecular weight excluding hydrogens is 478 g/mol. The van der Waals surface area contributed by atoms with Gasteiger partial charge in [0.2, 0.25) is 0 Å². The lowest BCUT2D eigenvalue weighted by Crippen LogP contribution is -2.25. The minimum absolute atomic E-state index is 0.276. The van der Waals surface area contributed by atoms with Gasteiger partial charge in [-0.1, -0.05) is 6.07 Å². The van der Waals surface area contributed by atoms with Gasteiger partial charge in [-0.25, -0.2) is 0 Å². The van der Waals surface area contributed by atoms with Gasteiger partial charge < -0.3 is 20.1 Å². The van der Waals surface area contributed by atoms with Gasteiger partial charge >= 0.3 is 0 Å². The molecule has 9 heteroatoms. The number of fused-ring (bicyclic) bond motifs is 1. The van der Waals surface area contributed by atoms with Crippen LogP contribution < -0.4 is 15.4 Å². The summed E-state index contributed by atoms with van der Waals surface area (Å²) in [5.41, 5.74) is 5.75. The number of aromatic nitrogens is 4. The number of hydrogen-bond donors (Lipinski definition) is 3. The summed E-state index contributed by atoms with van der Waals surface area (Å²) in [5.74, 6) is 0.709. The first-order chi connectivity index (χ1) is 18.8. The van der Waals surface area contributed by atoms with E-state index in [9.17, 15) is 5.26 Å². The normalized spacial score (nSPS) is 13.2. The number of unbranched alkanes of at least 4 members (excludes halogenated alkanes) is 1. The van der Waals surface area contributed by atoms with E-state index in [1.54, 1.807) is 12.4 Å². The minimum Gasteiger partial charge on any atom is -0.489 e. The van der Waals surface area contributed by atoms with Crippen molar-refractivity contribution < 1.29 is 9.47 Å². The van der Waals surface area contributed by atoms with Crippen LogP contribution in [0.5, 0.6) is 5.75 Å². The molecule has 196 valence electrons. The molecule has 0 saturated heterocycles. The molecule has 3 N–H and O–H groups in total. The average molecular weight is 512 g/mol. The summed E-state index contributed by atoms with van der Waals surface area (Å²) in [6.07, 6.45) is 11.0. The van der Waals surface area contributed by atoms with E-state index < -0.39 is 0 Å². The van der Waals surface area contributed by atoms with Crippen LogP contribution in [-0.2, 0) is 11.3 Å². The molecule has 0 radical (unpaired) electrons. The van der Waals surface area contributed by atoms with Gasteiger partial charge in [0.05, 0.1) is 42.4 Å². The summed E-state index contributed by atoms with van der Waals surface area (Å²) < 4.78 is 11.8. The lowest BCUT2D eigenvalue weighted by molar-refractivity contribution is 0.120. The molecular formula is C29H33N7O2. The van der Waals surface area contributed by atoms with Crippen LogP contribution in [0.25, 0.3) is 22.0 Å². The second kappa shape index (κ2) is 13.0. The molecule has 2 aromatic carbocycles. The van der Waals surface area contributed by atoms with E-state index in [-0.39, 0.29) is 6.10 Å². The summed E-state index contributed by atoms with van der Waals surface area (Å²) >= 11 is 0. The van der Waals surface area contributed by atoms with Crippen molar-refractivity contribution in [3.8, 4) is 22.9 Å². The molecule has 2 aromatic heterocycles. The van der Waals surface area contributed by atoms with Crippen LogP contribution >= 0.6 is 0 Å². The molecule has 38 heavy (non-hydrogen) atoms. The van der Waals surface area contributed by atoms with Gasteiger partial charge in [0.25, 0.3) is 0 Å². The van der Waals surface area contributed by atoms with Crippen LogP contribution in [0.15, 0.2) is 55.0 Å². The molecule has 2 heterocycles. The molecule has 1 saturated carbocycles. The van der Waals surface area contributed by atoms with Gasteiger partial charge in [-0.15, -0.1) is 0 Å². The van der Waals surface area contributed by atoms with E-state index in [1.165, 1.54) is 6.42 Å². The monoisotopic (exact) mass is 511 g/mol. The van der Waals surface area contributed by atoms with E-state index >= 15 is 0 Å². The summed E-state index contributed by atoms with van der Waals surface area (Å²) in [6.45, 7) is 3.69. The number of ether oxygens (including phenoxy) is 2. The number of H-pyrrole nitrogens is 1. The Morgan fingerprint density at radius 1 is 1.00 bits per heavy atom. The predicted molar refractivity (Wildman–Crippen MR) is 147 cm³/mol. The predicted octanol–water partition coefficient (Wildman–Crippen LogP) is 4.82. The largest absolute Gasteiger partial charge is 0.489 e. The molecule has 0 amide bonds. The maximum atomic E-state index is 9.46. The van der Waals surface area contributed by atoms with E-state index in [1.807, 2.05) is 30.5 Å². The van der Waals surface area contributed by atoms with Gasteiger partial charge in [-0.3, -0.25) is 5.10 Å². The first kappa shape index (κ1) is 25.6. The Hall–Kier alpha value is -4.00. The Bertz CT molecular complexity index is 1360. The third-order valence-electron chi connectivity index (χ3n) is 6.77. The zero-order valence-electron chi connectivity index (χ0n) is 21.4. The number of nitrogens with zero attached hydrogens (tertiary/aromatic N) is 4. The molecule has 4 aromatic rings. The smallest absolute Gasteiger partial charge is 0.137 e. The Labute approximate surface area is 222 Å². The topological polar surface area (TPSA) is 121 Å². The Balaban J connectivity index is 0.975. The van der Waals surface area contributed by atoms with Gasteiger partial charge in [-0.2, -0.15) is 20.6 Å². The van der Waals surface area contributed by atoms with Gasteiger partial charge in [-0.05, 0) is 80.1 Å². The minimum atomic E-state index is 0.276. The summed E-state index contributed by atoms with van der Waals surface area (Å²) in [6, 6.07) is 14.3. The van der Waals surface area contributed by atoms with Crippen LogP contribution in [0.1, 0.15) is 43.2 Å². The molecule has 0 bridgehead atoms. The zero-order chi connectivity index (χ0) is 26.0. The Kier molecular flexibility index (Phi) is 8.77. The number of nitriles is 1. The molecule has 0 spiro atoms. The maximum Gasteiger partial charge on any atom is 0.137 e. The fourth-order valence-corrected chi connectivity index (χ4v) is 4.42. The standard InChI is InChI=1S/C29H33N7O2/c30-17-24-14-21(6-7-29(24)38-25-4-3-5-25)18-31-9-1-2-12-37-13-11-32-27-15-23(22-8-10-33-34-19-22)16-28-26(27)20-35-36-28/h6-8,10,14-16,19-20,25,31-32H,1-5,9,11-13,18H2,(H,35,36). The second-order valence-corrected chi connectivity index (χ2v) is 9.52. The van der Waals surface area contributed by atoms with Crippen molar-refractivity contribution in [3.05, 3.63) is 66.1 Å². The second-order valence-electron chi connectivity index (χ2n) is 9.52. The highest BCUT2D eigenvalue weighted by Crippen LogP contribution is 2.30. The van der Waals surface area contributed by atoms with Crippen molar-refractivity contribution in [2.45, 2.75) is 44.8 Å². The van der Waals surface area contributed by atoms with Crippen molar-refractivity contribution >= 4 is 16.6 Å². The maximum absolute atomic E-state index is 9.46. The fourth-order valence-electron chi connectivity index (χ4n) is 4.42. The first-order valence-electron chi connectivity index (χ1n) is 13.3. The van der Waals surface area contributed by atoms with E-state index in [4.69, 9.17) is 9.47 Å². The van der Waals surface area contributed by atoms with Crippen molar-refractivity contribution in [1.82, 2.24) is 25.7 Å². The number of hydrogen-bond acceptors (Lipinski definition) is 8. The van der Waals surface area contributed by atoms with E-state index in [2.05, 4.69) is 49.2 Å². The van der Waals surface area contributed by atoms with E-state index in [0.29, 0.717) is 24.5 Å². The molecule has 1 aliphatic rings. The summed E-state index contributed by atoms with van der Waals surface area (Å²) in [5, 5.41) is 32.5. The van der Waals surface area contributed by atoms with Gasteiger partial charge in [0, 0.05) is 36.3 Å². The molecule has 9 nitrogen and oxygen atoms in total. The van der Waals surface area contributed by atoms with Crippen molar-refractivity contribution in [1.29, 1.82) is 5.26 Å². The summed E-state index contributed by atoms with van der Waals surface area (Å²) in [7, 11) is 0. The highest BCUT2D eigenvalue weighted by Gasteiger charge is 2.20. The van der Waals surface area contributed by atoms with Crippen LogP contribution in [-0.4, -0.2) is 52.8 Å². The van der Waals surface area contributed by atoms with Crippen molar-refractivity contribution in [2.24, 2.45) is 0 Å². The molecule has 0 atom stereocenters. The molecule has 0 unspecified atom stereocenters. The number of rotatable bonds is 14. The number of nitrogens with one attached hydrogen (secondary N) is 3. The van der Waals surface area contributed by atoms with Crippen molar-refractivity contribution in [2.75, 3.05) is 31.6 Å². The average Bonchev–Trinajstić information content (AvgIpc) is 3.41. The third kappa shape index (κ3) is 6.65. The van der Waals surface area contributed by atoms with Crippen molar-refractivity contribution in [3.63, 3.8) is 0 Å². The molecule has 0 aliphatic heterocycles. The highest BCUT2D eigenvalue weighted by atomic mass is 16.5. The quantitative estimate of drug-likeness (QED) is 0.206. The lowest BCUT2D eigenvalue weighted by Gasteiger charge is -2.26. The highest BCUT2D eigenvalue weighted by molar-refractivity contribution is 5.95.